The standard InChI is InChI=1S/C27H22ClN3O4/c1-33-23-9-8-20(26(13-23)34-2)16-31-27(32)22(15-30)11-18-7-10-25(24(28)12-18)35-17-21-6-4-3-5-19(21)14-29/h3-13H,16-17H2,1-2H3,(H,31,32)/b22-11+. The summed E-state index contributed by atoms with van der Waals surface area (Å²) in [6.45, 7) is 0.349. The van der Waals surface area contributed by atoms with E-state index in [1.807, 2.05) is 18.2 Å². The summed E-state index contributed by atoms with van der Waals surface area (Å²) in [5.41, 5.74) is 2.49. The van der Waals surface area contributed by atoms with E-state index in [-0.39, 0.29) is 18.7 Å². The van der Waals surface area contributed by atoms with Gasteiger partial charge in [0.15, 0.2) is 0 Å². The van der Waals surface area contributed by atoms with Gasteiger partial charge in [0.1, 0.15) is 35.5 Å². The second-order valence-corrected chi connectivity index (χ2v) is 7.68. The Hall–Kier alpha value is -4.46. The molecule has 0 bridgehead atoms. The SMILES string of the molecule is COc1ccc(CNC(=O)/C(C#N)=C/c2ccc(OCc3ccccc3C#N)c(Cl)c2)c(OC)c1. The van der Waals surface area contributed by atoms with Crippen LogP contribution in [0.3, 0.4) is 0 Å². The first-order valence-corrected chi connectivity index (χ1v) is 10.9. The van der Waals surface area contributed by atoms with E-state index >= 15 is 0 Å². The molecule has 0 heterocycles. The second kappa shape index (κ2) is 12.1. The lowest BCUT2D eigenvalue weighted by molar-refractivity contribution is -0.117. The van der Waals surface area contributed by atoms with Crippen molar-refractivity contribution < 1.29 is 19.0 Å². The fraction of sp³-hybridized carbons (Fsp3) is 0.148. The van der Waals surface area contributed by atoms with Gasteiger partial charge in [-0.3, -0.25) is 4.79 Å². The van der Waals surface area contributed by atoms with E-state index in [1.54, 1.807) is 55.6 Å². The van der Waals surface area contributed by atoms with E-state index in [9.17, 15) is 15.3 Å². The summed E-state index contributed by atoms with van der Waals surface area (Å²) in [6, 6.07) is 21.4. The smallest absolute Gasteiger partial charge is 0.262 e. The van der Waals surface area contributed by atoms with Crippen LogP contribution in [0.2, 0.25) is 5.02 Å². The Morgan fingerprint density at radius 1 is 1.00 bits per heavy atom. The van der Waals surface area contributed by atoms with Crippen LogP contribution in [0.5, 0.6) is 17.2 Å². The number of nitrogens with one attached hydrogen (secondary N) is 1. The van der Waals surface area contributed by atoms with Crippen molar-refractivity contribution in [3.63, 3.8) is 0 Å². The van der Waals surface area contributed by atoms with Crippen LogP contribution in [-0.2, 0) is 17.9 Å². The van der Waals surface area contributed by atoms with Gasteiger partial charge in [-0.15, -0.1) is 0 Å². The number of nitrogens with zero attached hydrogens (tertiary/aromatic N) is 2. The molecular formula is C27H22ClN3O4. The van der Waals surface area contributed by atoms with Gasteiger partial charge in [-0.05, 0) is 42.0 Å². The quantitative estimate of drug-likeness (QED) is 0.335. The van der Waals surface area contributed by atoms with Gasteiger partial charge in [-0.1, -0.05) is 35.9 Å². The number of carbonyl (C=O) groups is 1. The second-order valence-electron chi connectivity index (χ2n) is 7.28. The highest BCUT2D eigenvalue weighted by Crippen LogP contribution is 2.28. The lowest BCUT2D eigenvalue weighted by Gasteiger charge is -2.11. The van der Waals surface area contributed by atoms with Gasteiger partial charge in [0.05, 0.1) is 30.9 Å². The average Bonchev–Trinajstić information content (AvgIpc) is 2.89. The highest BCUT2D eigenvalue weighted by Gasteiger charge is 2.12. The van der Waals surface area contributed by atoms with Gasteiger partial charge >= 0.3 is 0 Å². The number of carbonyl (C=O) groups excluding carboxylic acids is 1. The first-order chi connectivity index (χ1) is 17.0. The van der Waals surface area contributed by atoms with Crippen molar-refractivity contribution in [3.05, 3.63) is 93.5 Å². The van der Waals surface area contributed by atoms with Gasteiger partial charge in [-0.2, -0.15) is 10.5 Å². The van der Waals surface area contributed by atoms with Gasteiger partial charge < -0.3 is 19.5 Å². The normalized spacial score (nSPS) is 10.6. The maximum Gasteiger partial charge on any atom is 0.262 e. The molecule has 0 aliphatic carbocycles. The Morgan fingerprint density at radius 2 is 1.80 bits per heavy atom. The zero-order chi connectivity index (χ0) is 25.2. The number of hydrogen-bond acceptors (Lipinski definition) is 6. The Morgan fingerprint density at radius 3 is 2.49 bits per heavy atom. The fourth-order valence-electron chi connectivity index (χ4n) is 3.22. The highest BCUT2D eigenvalue weighted by atomic mass is 35.5. The summed E-state index contributed by atoms with van der Waals surface area (Å²) in [5.74, 6) is 1.08. The molecule has 3 aromatic carbocycles. The number of amides is 1. The molecule has 3 aromatic rings. The van der Waals surface area contributed by atoms with Crippen molar-refractivity contribution >= 4 is 23.6 Å². The van der Waals surface area contributed by atoms with E-state index < -0.39 is 5.91 Å². The minimum Gasteiger partial charge on any atom is -0.497 e. The van der Waals surface area contributed by atoms with E-state index in [2.05, 4.69) is 11.4 Å². The number of halogens is 1. The molecule has 0 unspecified atom stereocenters. The van der Waals surface area contributed by atoms with E-state index in [0.29, 0.717) is 33.4 Å². The molecule has 0 aliphatic rings. The maximum atomic E-state index is 12.6. The van der Waals surface area contributed by atoms with E-state index in [0.717, 1.165) is 11.1 Å². The fourth-order valence-corrected chi connectivity index (χ4v) is 3.46. The van der Waals surface area contributed by atoms with Crippen molar-refractivity contribution in [2.24, 2.45) is 0 Å². The number of hydrogen-bond donors (Lipinski definition) is 1. The van der Waals surface area contributed by atoms with Crippen LogP contribution in [-0.4, -0.2) is 20.1 Å². The molecular weight excluding hydrogens is 466 g/mol. The minimum absolute atomic E-state index is 0.0786. The van der Waals surface area contributed by atoms with Crippen LogP contribution in [0.1, 0.15) is 22.3 Å². The average molecular weight is 488 g/mol. The molecule has 1 amide bonds. The van der Waals surface area contributed by atoms with Crippen molar-refractivity contribution in [3.8, 4) is 29.4 Å². The Labute approximate surface area is 208 Å². The highest BCUT2D eigenvalue weighted by molar-refractivity contribution is 6.32. The molecule has 8 heteroatoms. The lowest BCUT2D eigenvalue weighted by Crippen LogP contribution is -2.24. The largest absolute Gasteiger partial charge is 0.497 e. The molecule has 0 aliphatic heterocycles. The molecule has 0 aromatic heterocycles. The summed E-state index contributed by atoms with van der Waals surface area (Å²) in [5, 5.41) is 21.7. The van der Waals surface area contributed by atoms with Crippen LogP contribution in [0.4, 0.5) is 0 Å². The summed E-state index contributed by atoms with van der Waals surface area (Å²) < 4.78 is 16.3. The van der Waals surface area contributed by atoms with Gasteiger partial charge in [0.2, 0.25) is 0 Å². The monoisotopic (exact) mass is 487 g/mol. The van der Waals surface area contributed by atoms with Crippen LogP contribution >= 0.6 is 11.6 Å². The summed E-state index contributed by atoms with van der Waals surface area (Å²) in [7, 11) is 3.08. The first-order valence-electron chi connectivity index (χ1n) is 10.5. The Kier molecular flexibility index (Phi) is 8.72. The molecule has 7 nitrogen and oxygen atoms in total. The third kappa shape index (κ3) is 6.54. The zero-order valence-electron chi connectivity index (χ0n) is 19.2. The lowest BCUT2D eigenvalue weighted by atomic mass is 10.1. The third-order valence-electron chi connectivity index (χ3n) is 5.09. The maximum absolute atomic E-state index is 12.6. The van der Waals surface area contributed by atoms with Crippen molar-refractivity contribution in [1.82, 2.24) is 5.32 Å². The molecule has 176 valence electrons. The third-order valence-corrected chi connectivity index (χ3v) is 5.38. The molecule has 0 spiro atoms. The number of ether oxygens (including phenoxy) is 3. The molecule has 0 fully saturated rings. The summed E-state index contributed by atoms with van der Waals surface area (Å²) >= 11 is 6.35. The van der Waals surface area contributed by atoms with Crippen molar-refractivity contribution in [2.45, 2.75) is 13.2 Å². The number of nitriles is 2. The topological polar surface area (TPSA) is 104 Å². The first kappa shape index (κ1) is 25.2. The Balaban J connectivity index is 1.68. The van der Waals surface area contributed by atoms with Crippen LogP contribution in [0, 0.1) is 22.7 Å². The van der Waals surface area contributed by atoms with Crippen molar-refractivity contribution in [2.75, 3.05) is 14.2 Å². The molecule has 35 heavy (non-hydrogen) atoms. The van der Waals surface area contributed by atoms with Gasteiger partial charge in [-0.25, -0.2) is 0 Å². The minimum atomic E-state index is -0.532. The number of benzene rings is 3. The van der Waals surface area contributed by atoms with Gasteiger partial charge in [0.25, 0.3) is 5.91 Å². The predicted molar refractivity (Wildman–Crippen MR) is 132 cm³/mol. The van der Waals surface area contributed by atoms with Crippen molar-refractivity contribution in [1.29, 1.82) is 10.5 Å². The van der Waals surface area contributed by atoms with Crippen LogP contribution in [0.15, 0.2) is 66.2 Å². The van der Waals surface area contributed by atoms with E-state index in [1.165, 1.54) is 13.2 Å². The summed E-state index contributed by atoms with van der Waals surface area (Å²) in [6.07, 6.45) is 1.45. The molecule has 0 saturated heterocycles. The van der Waals surface area contributed by atoms with Gasteiger partial charge in [0, 0.05) is 23.7 Å². The molecule has 0 radical (unpaired) electrons. The molecule has 0 saturated carbocycles. The molecule has 0 atom stereocenters. The zero-order valence-corrected chi connectivity index (χ0v) is 19.9. The molecule has 3 rings (SSSR count). The molecule has 1 N–H and O–H groups in total. The van der Waals surface area contributed by atoms with Crippen LogP contribution < -0.4 is 19.5 Å². The summed E-state index contributed by atoms with van der Waals surface area (Å²) in [4.78, 5) is 12.6. The van der Waals surface area contributed by atoms with Crippen LogP contribution in [0.25, 0.3) is 6.08 Å². The van der Waals surface area contributed by atoms with E-state index in [4.69, 9.17) is 25.8 Å². The number of methoxy groups -OCH3 is 2. The Bertz CT molecular complexity index is 1340. The number of rotatable bonds is 9. The predicted octanol–water partition coefficient (Wildman–Crippen LogP) is 5.03.